The number of aromatic nitrogens is 2. The third-order valence-corrected chi connectivity index (χ3v) is 5.76. The molecule has 4 rings (SSSR count). The summed E-state index contributed by atoms with van der Waals surface area (Å²) >= 11 is 0. The Hall–Kier alpha value is -3.87. The first-order valence-electron chi connectivity index (χ1n) is 10.7. The maximum absolute atomic E-state index is 13.0. The molecule has 0 bridgehead atoms. The van der Waals surface area contributed by atoms with Crippen LogP contribution in [0.25, 0.3) is 5.69 Å². The minimum atomic E-state index is -0.411. The number of carbonyl (C=O) groups excluding carboxylic acids is 2. The van der Waals surface area contributed by atoms with E-state index in [4.69, 9.17) is 0 Å². The second-order valence-corrected chi connectivity index (χ2v) is 7.99. The molecule has 7 heteroatoms. The molecule has 3 aromatic rings. The first-order chi connectivity index (χ1) is 15.4. The molecule has 1 aliphatic rings. The van der Waals surface area contributed by atoms with Gasteiger partial charge >= 0.3 is 0 Å². The third kappa shape index (κ3) is 4.42. The summed E-state index contributed by atoms with van der Waals surface area (Å²) in [6, 6.07) is 16.0. The molecular formula is C25H26N4O3. The van der Waals surface area contributed by atoms with Crippen molar-refractivity contribution in [2.24, 2.45) is 13.0 Å². The Bertz CT molecular complexity index is 1240. The van der Waals surface area contributed by atoms with Gasteiger partial charge in [-0.3, -0.25) is 19.1 Å². The summed E-state index contributed by atoms with van der Waals surface area (Å²) in [5.74, 6) is -0.219. The van der Waals surface area contributed by atoms with Crippen molar-refractivity contribution >= 4 is 23.2 Å². The normalized spacial score (nSPS) is 15.0. The predicted octanol–water partition coefficient (Wildman–Crippen LogP) is 4.03. The van der Waals surface area contributed by atoms with Crippen LogP contribution in [0.3, 0.4) is 0 Å². The molecular weight excluding hydrogens is 404 g/mol. The second-order valence-electron chi connectivity index (χ2n) is 7.99. The molecule has 0 aliphatic heterocycles. The lowest BCUT2D eigenvalue weighted by atomic mass is 10.0. The zero-order valence-electron chi connectivity index (χ0n) is 18.2. The van der Waals surface area contributed by atoms with Crippen molar-refractivity contribution in [1.82, 2.24) is 9.36 Å². The van der Waals surface area contributed by atoms with Crippen LogP contribution in [0.5, 0.6) is 0 Å². The van der Waals surface area contributed by atoms with Gasteiger partial charge in [-0.05, 0) is 56.0 Å². The molecule has 1 heterocycles. The predicted molar refractivity (Wildman–Crippen MR) is 125 cm³/mol. The molecule has 0 saturated heterocycles. The van der Waals surface area contributed by atoms with Crippen LogP contribution in [0.1, 0.15) is 35.3 Å². The van der Waals surface area contributed by atoms with Gasteiger partial charge in [-0.2, -0.15) is 0 Å². The molecule has 0 fully saturated rings. The van der Waals surface area contributed by atoms with E-state index < -0.39 is 5.91 Å². The third-order valence-electron chi connectivity index (χ3n) is 5.76. The van der Waals surface area contributed by atoms with E-state index in [-0.39, 0.29) is 23.1 Å². The van der Waals surface area contributed by atoms with E-state index in [9.17, 15) is 14.4 Å². The number of para-hydroxylation sites is 1. The second kappa shape index (κ2) is 9.09. The first-order valence-corrected chi connectivity index (χ1v) is 10.7. The van der Waals surface area contributed by atoms with Crippen molar-refractivity contribution in [3.8, 4) is 5.69 Å². The molecule has 2 N–H and O–H groups in total. The quantitative estimate of drug-likeness (QED) is 0.579. The molecule has 32 heavy (non-hydrogen) atoms. The number of hydrogen-bond donors (Lipinski definition) is 2. The van der Waals surface area contributed by atoms with E-state index in [1.165, 1.54) is 4.68 Å². The standard InChI is InChI=1S/C25H26N4O3/c1-17-23(25(32)29(28(17)2)21-13-4-3-5-14-21)27-24(31)19-11-8-12-20(16-19)26-22(30)15-18-9-6-7-10-18/h3-6,8-9,11-14,16,18H,7,10,15H2,1-2H3,(H,26,30)(H,27,31)/t18-/m0/s1. The van der Waals surface area contributed by atoms with Crippen LogP contribution in [0.4, 0.5) is 11.4 Å². The van der Waals surface area contributed by atoms with Gasteiger partial charge in [-0.1, -0.05) is 36.4 Å². The van der Waals surface area contributed by atoms with Crippen LogP contribution < -0.4 is 16.2 Å². The van der Waals surface area contributed by atoms with Crippen molar-refractivity contribution in [1.29, 1.82) is 0 Å². The molecule has 1 aromatic heterocycles. The van der Waals surface area contributed by atoms with E-state index in [2.05, 4.69) is 22.8 Å². The fourth-order valence-electron chi connectivity index (χ4n) is 3.95. The highest BCUT2D eigenvalue weighted by atomic mass is 16.2. The van der Waals surface area contributed by atoms with Crippen molar-refractivity contribution < 1.29 is 9.59 Å². The molecule has 0 saturated carbocycles. The molecule has 0 radical (unpaired) electrons. The number of hydrogen-bond acceptors (Lipinski definition) is 3. The van der Waals surface area contributed by atoms with Crippen LogP contribution in [0.2, 0.25) is 0 Å². The van der Waals surface area contributed by atoms with Crippen molar-refractivity contribution in [3.05, 3.63) is 88.4 Å². The Morgan fingerprint density at radius 1 is 1.06 bits per heavy atom. The highest BCUT2D eigenvalue weighted by Gasteiger charge is 2.19. The van der Waals surface area contributed by atoms with Gasteiger partial charge in [0.2, 0.25) is 5.91 Å². The summed E-state index contributed by atoms with van der Waals surface area (Å²) in [5, 5.41) is 5.61. The molecule has 164 valence electrons. The maximum atomic E-state index is 13.0. The number of rotatable bonds is 6. The summed E-state index contributed by atoms with van der Waals surface area (Å²) < 4.78 is 3.22. The number of nitrogens with zero attached hydrogens (tertiary/aromatic N) is 2. The van der Waals surface area contributed by atoms with E-state index in [1.54, 1.807) is 42.9 Å². The molecule has 0 spiro atoms. The summed E-state index contributed by atoms with van der Waals surface area (Å²) in [7, 11) is 1.77. The van der Waals surface area contributed by atoms with Crippen molar-refractivity contribution in [3.63, 3.8) is 0 Å². The maximum Gasteiger partial charge on any atom is 0.295 e. The number of carbonyl (C=O) groups is 2. The lowest BCUT2D eigenvalue weighted by molar-refractivity contribution is -0.116. The van der Waals surface area contributed by atoms with Crippen molar-refractivity contribution in [2.75, 3.05) is 10.6 Å². The van der Waals surface area contributed by atoms with Gasteiger partial charge in [0.1, 0.15) is 5.69 Å². The van der Waals surface area contributed by atoms with Crippen LogP contribution in [-0.2, 0) is 11.8 Å². The lowest BCUT2D eigenvalue weighted by Gasteiger charge is -2.10. The van der Waals surface area contributed by atoms with Crippen LogP contribution in [0, 0.1) is 12.8 Å². The van der Waals surface area contributed by atoms with Gasteiger partial charge in [0.05, 0.1) is 11.4 Å². The van der Waals surface area contributed by atoms with Crippen LogP contribution in [0.15, 0.2) is 71.5 Å². The SMILES string of the molecule is Cc1c(NC(=O)c2cccc(NC(=O)C[C@H]3C=CCC3)c2)c(=O)n(-c2ccccc2)n1C. The lowest BCUT2D eigenvalue weighted by Crippen LogP contribution is -2.23. The van der Waals surface area contributed by atoms with E-state index in [0.29, 0.717) is 29.1 Å². The fourth-order valence-corrected chi connectivity index (χ4v) is 3.95. The monoisotopic (exact) mass is 430 g/mol. The molecule has 0 unspecified atom stereocenters. The van der Waals surface area contributed by atoms with Gasteiger partial charge in [0, 0.05) is 24.7 Å². The summed E-state index contributed by atoms with van der Waals surface area (Å²) in [4.78, 5) is 38.2. The highest BCUT2D eigenvalue weighted by molar-refractivity contribution is 6.05. The van der Waals surface area contributed by atoms with Gasteiger partial charge in [-0.25, -0.2) is 4.68 Å². The average Bonchev–Trinajstić information content (AvgIpc) is 3.37. The smallest absolute Gasteiger partial charge is 0.295 e. The zero-order chi connectivity index (χ0) is 22.7. The minimum absolute atomic E-state index is 0.0799. The van der Waals surface area contributed by atoms with Gasteiger partial charge in [0.25, 0.3) is 11.5 Å². The van der Waals surface area contributed by atoms with E-state index in [0.717, 1.165) is 12.8 Å². The number of allylic oxidation sites excluding steroid dienone is 2. The fraction of sp³-hybridized carbons (Fsp3) is 0.240. The molecule has 1 aliphatic carbocycles. The average molecular weight is 431 g/mol. The Kier molecular flexibility index (Phi) is 6.07. The molecule has 7 nitrogen and oxygen atoms in total. The van der Waals surface area contributed by atoms with Gasteiger partial charge in [-0.15, -0.1) is 0 Å². The van der Waals surface area contributed by atoms with Crippen molar-refractivity contribution in [2.45, 2.75) is 26.2 Å². The number of nitrogens with one attached hydrogen (secondary N) is 2. The van der Waals surface area contributed by atoms with E-state index in [1.807, 2.05) is 30.3 Å². The van der Waals surface area contributed by atoms with Crippen LogP contribution >= 0.6 is 0 Å². The Morgan fingerprint density at radius 2 is 1.84 bits per heavy atom. The van der Waals surface area contributed by atoms with Crippen LogP contribution in [-0.4, -0.2) is 21.2 Å². The summed E-state index contributed by atoms with van der Waals surface area (Å²) in [6.45, 7) is 1.78. The Balaban J connectivity index is 1.51. The number of benzene rings is 2. The largest absolute Gasteiger partial charge is 0.326 e. The summed E-state index contributed by atoms with van der Waals surface area (Å²) in [6.07, 6.45) is 6.61. The Labute approximate surface area is 186 Å². The molecule has 2 amide bonds. The highest BCUT2D eigenvalue weighted by Crippen LogP contribution is 2.21. The van der Waals surface area contributed by atoms with Gasteiger partial charge in [0.15, 0.2) is 0 Å². The van der Waals surface area contributed by atoms with E-state index >= 15 is 0 Å². The minimum Gasteiger partial charge on any atom is -0.326 e. The number of amides is 2. The topological polar surface area (TPSA) is 85.1 Å². The summed E-state index contributed by atoms with van der Waals surface area (Å²) in [5.41, 5.74) is 2.18. The first kappa shape index (κ1) is 21.4. The molecule has 2 aromatic carbocycles. The number of anilines is 2. The molecule has 1 atom stereocenters. The van der Waals surface area contributed by atoms with Gasteiger partial charge < -0.3 is 10.6 Å². The zero-order valence-corrected chi connectivity index (χ0v) is 18.2. The Morgan fingerprint density at radius 3 is 2.56 bits per heavy atom.